The molecule has 0 aliphatic carbocycles. The van der Waals surface area contributed by atoms with Gasteiger partial charge in [0.05, 0.1) is 0 Å². The average Bonchev–Trinajstić information content (AvgIpc) is 3.11. The predicted molar refractivity (Wildman–Crippen MR) is 140 cm³/mol. The van der Waals surface area contributed by atoms with Crippen LogP contribution in [0.3, 0.4) is 0 Å². The van der Waals surface area contributed by atoms with Gasteiger partial charge in [-0.2, -0.15) is 0 Å². The molecule has 0 atom stereocenters. The molecule has 0 bridgehead atoms. The van der Waals surface area contributed by atoms with Crippen LogP contribution in [0.4, 0.5) is 14.9 Å². The van der Waals surface area contributed by atoms with E-state index < -0.39 is 46.8 Å². The number of halogens is 1. The zero-order valence-electron chi connectivity index (χ0n) is 20.8. The lowest BCUT2D eigenvalue weighted by Crippen LogP contribution is -2.44. The Hall–Kier alpha value is -4.07. The third kappa shape index (κ3) is 6.07. The third-order valence-corrected chi connectivity index (χ3v) is 6.71. The first kappa shape index (κ1) is 27.0. The molecule has 3 aromatic rings. The van der Waals surface area contributed by atoms with Crippen molar-refractivity contribution < 1.29 is 37.4 Å². The lowest BCUT2D eigenvalue weighted by Gasteiger charge is -2.36. The summed E-state index contributed by atoms with van der Waals surface area (Å²) >= 11 is 0. The molecule has 1 aliphatic heterocycles. The molecule has 3 amide bonds. The van der Waals surface area contributed by atoms with E-state index in [1.54, 1.807) is 45.0 Å². The zero-order valence-corrected chi connectivity index (χ0v) is 21.6. The Bertz CT molecular complexity index is 1400. The highest BCUT2D eigenvalue weighted by molar-refractivity contribution is 8.24. The van der Waals surface area contributed by atoms with Gasteiger partial charge in [0, 0.05) is 10.9 Å². The molecule has 202 valence electrons. The number of benzene rings is 3. The smallest absolute Gasteiger partial charge is 0.426 e. The molecule has 0 aromatic heterocycles. The number of fused-ring (bicyclic) bond motifs is 1. The number of nitrogens with one attached hydrogen (secondary N) is 3. The summed E-state index contributed by atoms with van der Waals surface area (Å²) in [5.41, 5.74) is 4.16. The number of carbonyl (C=O) groups excluding carboxylic acids is 3. The molecule has 11 nitrogen and oxygen atoms in total. The van der Waals surface area contributed by atoms with Crippen LogP contribution in [0.25, 0.3) is 10.8 Å². The number of rotatable bonds is 5. The second kappa shape index (κ2) is 10.4. The molecular formula is C25H27FN4O7S. The monoisotopic (exact) mass is 546 g/mol. The zero-order chi connectivity index (χ0) is 27.7. The van der Waals surface area contributed by atoms with Crippen LogP contribution in [-0.4, -0.2) is 39.2 Å². The first-order valence-corrected chi connectivity index (χ1v) is 12.9. The van der Waals surface area contributed by atoms with Crippen LogP contribution in [0.5, 0.6) is 5.75 Å². The SMILES string of the molecule is CC(C)(C)OC(=O)NNC(=O)c1ccc2c(F)c(N3CC(=O)NS3(O)O)c(OCc3ccccc3)cc2c1. The van der Waals surface area contributed by atoms with Gasteiger partial charge < -0.3 is 9.47 Å². The molecule has 5 N–H and O–H groups in total. The highest BCUT2D eigenvalue weighted by Crippen LogP contribution is 2.51. The molecule has 1 fully saturated rings. The van der Waals surface area contributed by atoms with Crippen molar-refractivity contribution in [2.75, 3.05) is 10.8 Å². The van der Waals surface area contributed by atoms with Crippen molar-refractivity contribution in [3.05, 3.63) is 71.5 Å². The van der Waals surface area contributed by atoms with Crippen LogP contribution in [0.1, 0.15) is 36.7 Å². The van der Waals surface area contributed by atoms with Crippen LogP contribution >= 0.6 is 11.0 Å². The summed E-state index contributed by atoms with van der Waals surface area (Å²) < 4.78 is 50.5. The molecule has 0 saturated carbocycles. The van der Waals surface area contributed by atoms with Crippen molar-refractivity contribution in [1.82, 2.24) is 15.6 Å². The average molecular weight is 547 g/mol. The number of hydrogen-bond acceptors (Lipinski definition) is 8. The largest absolute Gasteiger partial charge is 0.487 e. The minimum Gasteiger partial charge on any atom is -0.487 e. The predicted octanol–water partition coefficient (Wildman–Crippen LogP) is 4.24. The van der Waals surface area contributed by atoms with E-state index in [9.17, 15) is 23.5 Å². The van der Waals surface area contributed by atoms with Gasteiger partial charge in [-0.3, -0.25) is 24.1 Å². The van der Waals surface area contributed by atoms with Crippen molar-refractivity contribution in [2.45, 2.75) is 33.0 Å². The van der Waals surface area contributed by atoms with Crippen molar-refractivity contribution in [2.24, 2.45) is 0 Å². The molecule has 0 spiro atoms. The molecule has 0 radical (unpaired) electrons. The molecule has 0 unspecified atom stereocenters. The van der Waals surface area contributed by atoms with Crippen molar-refractivity contribution in [1.29, 1.82) is 0 Å². The van der Waals surface area contributed by atoms with Gasteiger partial charge in [0.1, 0.15) is 30.2 Å². The number of carbonyl (C=O) groups is 3. The van der Waals surface area contributed by atoms with Crippen LogP contribution in [-0.2, 0) is 16.1 Å². The second-order valence-electron chi connectivity index (χ2n) is 9.41. The van der Waals surface area contributed by atoms with E-state index in [4.69, 9.17) is 9.47 Å². The number of hydrazine groups is 1. The maximum Gasteiger partial charge on any atom is 0.426 e. The fourth-order valence-electron chi connectivity index (χ4n) is 3.70. The summed E-state index contributed by atoms with van der Waals surface area (Å²) in [5, 5.41) is 0.299. The fourth-order valence-corrected chi connectivity index (χ4v) is 4.90. The third-order valence-electron chi connectivity index (χ3n) is 5.29. The summed E-state index contributed by atoms with van der Waals surface area (Å²) in [6.07, 6.45) is -0.855. The molecule has 1 aliphatic rings. The Morgan fingerprint density at radius 1 is 1.11 bits per heavy atom. The molecular weight excluding hydrogens is 519 g/mol. The van der Waals surface area contributed by atoms with Crippen LogP contribution in [0.2, 0.25) is 0 Å². The lowest BCUT2D eigenvalue weighted by molar-refractivity contribution is -0.117. The summed E-state index contributed by atoms with van der Waals surface area (Å²) in [7, 11) is -3.84. The summed E-state index contributed by atoms with van der Waals surface area (Å²) in [5.74, 6) is -2.32. The highest BCUT2D eigenvalue weighted by Gasteiger charge is 2.38. The minimum atomic E-state index is -3.84. The van der Waals surface area contributed by atoms with Crippen LogP contribution in [0.15, 0.2) is 54.6 Å². The van der Waals surface area contributed by atoms with E-state index >= 15 is 4.39 Å². The number of ether oxygens (including phenoxy) is 2. The van der Waals surface area contributed by atoms with Crippen LogP contribution < -0.4 is 24.6 Å². The van der Waals surface area contributed by atoms with Crippen molar-refractivity contribution >= 4 is 45.3 Å². The molecule has 38 heavy (non-hydrogen) atoms. The maximum atomic E-state index is 15.9. The lowest BCUT2D eigenvalue weighted by atomic mass is 10.0. The first-order chi connectivity index (χ1) is 17.8. The summed E-state index contributed by atoms with van der Waals surface area (Å²) in [4.78, 5) is 36.4. The Balaban J connectivity index is 1.68. The van der Waals surface area contributed by atoms with Gasteiger partial charge in [0.25, 0.3) is 11.8 Å². The van der Waals surface area contributed by atoms with Gasteiger partial charge in [0.2, 0.25) is 0 Å². The van der Waals surface area contributed by atoms with Crippen molar-refractivity contribution in [3.63, 3.8) is 0 Å². The standard InChI is InChI=1S/C25H27FN4O7S/c1-25(2,3)37-24(33)28-27-23(32)16-9-10-18-17(11-16)12-19(36-14-15-7-5-4-6-8-15)22(21(18)26)30-13-20(31)29-38(30,34)35/h4-12,34-35H,13-14H2,1-3H3,(H,27,32)(H,28,33)(H,29,31). The molecule has 13 heteroatoms. The van der Waals surface area contributed by atoms with Crippen molar-refractivity contribution in [3.8, 4) is 5.75 Å². The molecule has 3 aromatic carbocycles. The number of nitrogens with zero attached hydrogens (tertiary/aromatic N) is 1. The van der Waals surface area contributed by atoms with Gasteiger partial charge >= 0.3 is 6.09 Å². The van der Waals surface area contributed by atoms with Gasteiger partial charge in [-0.15, -0.1) is 0 Å². The van der Waals surface area contributed by atoms with E-state index in [1.807, 2.05) is 10.8 Å². The Morgan fingerprint density at radius 2 is 1.82 bits per heavy atom. The minimum absolute atomic E-state index is 0.0210. The van der Waals surface area contributed by atoms with Gasteiger partial charge in [0.15, 0.2) is 5.82 Å². The second-order valence-corrected chi connectivity index (χ2v) is 11.1. The molecule has 1 saturated heterocycles. The summed E-state index contributed by atoms with van der Waals surface area (Å²) in [6.45, 7) is 4.54. The Morgan fingerprint density at radius 3 is 2.45 bits per heavy atom. The Labute approximate surface area is 219 Å². The maximum absolute atomic E-state index is 15.9. The van der Waals surface area contributed by atoms with E-state index in [0.717, 1.165) is 9.87 Å². The normalized spacial score (nSPS) is 15.5. The number of amides is 3. The first-order valence-electron chi connectivity index (χ1n) is 11.4. The van der Waals surface area contributed by atoms with E-state index in [0.29, 0.717) is 0 Å². The van der Waals surface area contributed by atoms with E-state index in [-0.39, 0.29) is 34.4 Å². The van der Waals surface area contributed by atoms with E-state index in [2.05, 4.69) is 10.9 Å². The van der Waals surface area contributed by atoms with Gasteiger partial charge in [-0.1, -0.05) is 36.4 Å². The topological polar surface area (TPSA) is 149 Å². The Kier molecular flexibility index (Phi) is 7.35. The summed E-state index contributed by atoms with van der Waals surface area (Å²) in [6, 6.07) is 14.5. The molecule has 1 heterocycles. The molecule has 4 rings (SSSR count). The van der Waals surface area contributed by atoms with Crippen LogP contribution in [0, 0.1) is 5.82 Å². The number of hydrogen-bond donors (Lipinski definition) is 5. The fraction of sp³-hybridized carbons (Fsp3) is 0.240. The quantitative estimate of drug-likeness (QED) is 0.298. The highest BCUT2D eigenvalue weighted by atomic mass is 32.3. The van der Waals surface area contributed by atoms with Gasteiger partial charge in [-0.05, 0) is 60.9 Å². The number of anilines is 1. The van der Waals surface area contributed by atoms with Gasteiger partial charge in [-0.25, -0.2) is 23.6 Å². The van der Waals surface area contributed by atoms with E-state index in [1.165, 1.54) is 24.3 Å².